The number of aliphatic hydroxyl groups excluding tert-OH is 1. The number of hydrogen-bond acceptors (Lipinski definition) is 3. The fourth-order valence-corrected chi connectivity index (χ4v) is 2.55. The molecule has 4 heteroatoms. The van der Waals surface area contributed by atoms with Gasteiger partial charge in [-0.3, -0.25) is 4.98 Å². The van der Waals surface area contributed by atoms with E-state index in [4.69, 9.17) is 4.74 Å². The number of aromatic nitrogens is 1. The molecule has 1 unspecified atom stereocenters. The zero-order valence-corrected chi connectivity index (χ0v) is 12.9. The number of aliphatic hydroxyl groups is 1. The Bertz CT molecular complexity index is 560. The van der Waals surface area contributed by atoms with E-state index in [2.05, 4.69) is 11.1 Å². The van der Waals surface area contributed by atoms with Gasteiger partial charge in [-0.2, -0.15) is 0 Å². The third kappa shape index (κ3) is 3.19. The first-order chi connectivity index (χ1) is 9.34. The van der Waals surface area contributed by atoms with Gasteiger partial charge in [-0.05, 0) is 48.6 Å². The molecule has 1 aliphatic carbocycles. The molecule has 3 rings (SSSR count). The van der Waals surface area contributed by atoms with Crippen molar-refractivity contribution >= 4 is 17.0 Å². The number of ether oxygens (including phenoxy) is 1. The molecule has 2 aromatic rings. The Kier molecular flexibility index (Phi) is 5.15. The van der Waals surface area contributed by atoms with Crippen molar-refractivity contribution in [1.82, 2.24) is 4.98 Å². The van der Waals surface area contributed by atoms with E-state index >= 15 is 0 Å². The predicted molar refractivity (Wildman–Crippen MR) is 83.5 cm³/mol. The fourth-order valence-electron chi connectivity index (χ4n) is 2.55. The van der Waals surface area contributed by atoms with Crippen LogP contribution < -0.4 is 4.74 Å². The molecule has 0 saturated heterocycles. The van der Waals surface area contributed by atoms with Crippen LogP contribution in [0.25, 0.3) is 0 Å². The van der Waals surface area contributed by atoms with Gasteiger partial charge >= 0.3 is 0 Å². The molecule has 0 aliphatic heterocycles. The van der Waals surface area contributed by atoms with Crippen LogP contribution in [0.15, 0.2) is 42.6 Å². The summed E-state index contributed by atoms with van der Waals surface area (Å²) in [6, 6.07) is 11.7. The van der Waals surface area contributed by atoms with E-state index in [1.54, 1.807) is 6.20 Å². The highest BCUT2D eigenvalue weighted by molar-refractivity contribution is 8.93. The maximum absolute atomic E-state index is 10.0. The predicted octanol–water partition coefficient (Wildman–Crippen LogP) is 3.26. The fraction of sp³-hybridized carbons (Fsp3) is 0.312. The second kappa shape index (κ2) is 6.86. The standard InChI is InChI=1S/C16H17NO2.BrH/c18-15(14-8-1-2-10-17-14)11-19-16-9-4-6-12-5-3-7-13(12)16;/h1-2,4,6,8-10,15,18H,3,5,7,11H2;1H. The van der Waals surface area contributed by atoms with Crippen LogP contribution in [-0.2, 0) is 12.8 Å². The van der Waals surface area contributed by atoms with E-state index in [9.17, 15) is 5.11 Å². The highest BCUT2D eigenvalue weighted by Crippen LogP contribution is 2.30. The molecule has 0 fully saturated rings. The summed E-state index contributed by atoms with van der Waals surface area (Å²) in [5, 5.41) is 10.0. The van der Waals surface area contributed by atoms with Gasteiger partial charge in [-0.1, -0.05) is 18.2 Å². The topological polar surface area (TPSA) is 42.4 Å². The number of aryl methyl sites for hydroxylation is 1. The van der Waals surface area contributed by atoms with Crippen LogP contribution >= 0.6 is 17.0 Å². The Hall–Kier alpha value is -1.39. The van der Waals surface area contributed by atoms with Gasteiger partial charge in [0.25, 0.3) is 0 Å². The number of nitrogens with zero attached hydrogens (tertiary/aromatic N) is 1. The van der Waals surface area contributed by atoms with Crippen molar-refractivity contribution in [3.05, 3.63) is 59.4 Å². The first-order valence-electron chi connectivity index (χ1n) is 6.67. The zero-order chi connectivity index (χ0) is 13.1. The van der Waals surface area contributed by atoms with Crippen LogP contribution in [-0.4, -0.2) is 16.7 Å². The Labute approximate surface area is 129 Å². The lowest BCUT2D eigenvalue weighted by Crippen LogP contribution is -2.11. The van der Waals surface area contributed by atoms with Gasteiger partial charge in [-0.25, -0.2) is 0 Å². The highest BCUT2D eigenvalue weighted by atomic mass is 79.9. The molecule has 0 bridgehead atoms. The average Bonchev–Trinajstić information content (AvgIpc) is 2.94. The molecule has 1 aromatic carbocycles. The van der Waals surface area contributed by atoms with Gasteiger partial charge < -0.3 is 9.84 Å². The molecular formula is C16H18BrNO2. The zero-order valence-electron chi connectivity index (χ0n) is 11.2. The van der Waals surface area contributed by atoms with Crippen LogP contribution in [0, 0.1) is 0 Å². The molecule has 1 aromatic heterocycles. The van der Waals surface area contributed by atoms with Gasteiger partial charge in [0.2, 0.25) is 0 Å². The Morgan fingerprint density at radius 1 is 1.15 bits per heavy atom. The normalized spacial score (nSPS) is 14.2. The minimum atomic E-state index is -0.682. The van der Waals surface area contributed by atoms with Crippen LogP contribution in [0.3, 0.4) is 0 Å². The van der Waals surface area contributed by atoms with Crippen LogP contribution in [0.5, 0.6) is 5.75 Å². The maximum Gasteiger partial charge on any atom is 0.130 e. The van der Waals surface area contributed by atoms with Gasteiger partial charge in [0.15, 0.2) is 0 Å². The molecule has 106 valence electrons. The lowest BCUT2D eigenvalue weighted by Gasteiger charge is -2.14. The SMILES string of the molecule is Br.OC(COc1cccc2c1CCC2)c1ccccn1. The molecule has 1 heterocycles. The summed E-state index contributed by atoms with van der Waals surface area (Å²) in [7, 11) is 0. The summed E-state index contributed by atoms with van der Waals surface area (Å²) in [6.07, 6.45) is 4.40. The molecule has 0 radical (unpaired) electrons. The van der Waals surface area contributed by atoms with E-state index in [1.165, 1.54) is 17.5 Å². The maximum atomic E-state index is 10.0. The van der Waals surface area contributed by atoms with E-state index in [0.29, 0.717) is 5.69 Å². The molecule has 0 spiro atoms. The quantitative estimate of drug-likeness (QED) is 0.932. The van der Waals surface area contributed by atoms with Crippen molar-refractivity contribution in [2.45, 2.75) is 25.4 Å². The van der Waals surface area contributed by atoms with Crippen molar-refractivity contribution in [1.29, 1.82) is 0 Å². The van der Waals surface area contributed by atoms with Crippen molar-refractivity contribution in [2.75, 3.05) is 6.61 Å². The molecule has 1 aliphatic rings. The first-order valence-corrected chi connectivity index (χ1v) is 6.67. The largest absolute Gasteiger partial charge is 0.490 e. The van der Waals surface area contributed by atoms with Crippen LogP contribution in [0.1, 0.15) is 29.3 Å². The summed E-state index contributed by atoms with van der Waals surface area (Å²) >= 11 is 0. The second-order valence-corrected chi connectivity index (χ2v) is 4.83. The van der Waals surface area contributed by atoms with Gasteiger partial charge in [0.1, 0.15) is 18.5 Å². The van der Waals surface area contributed by atoms with E-state index in [-0.39, 0.29) is 23.6 Å². The van der Waals surface area contributed by atoms with Crippen molar-refractivity contribution in [3.63, 3.8) is 0 Å². The minimum Gasteiger partial charge on any atom is -0.490 e. The van der Waals surface area contributed by atoms with Crippen molar-refractivity contribution < 1.29 is 9.84 Å². The molecular weight excluding hydrogens is 318 g/mol. The number of halogens is 1. The Morgan fingerprint density at radius 3 is 2.85 bits per heavy atom. The summed E-state index contributed by atoms with van der Waals surface area (Å²) < 4.78 is 5.78. The van der Waals surface area contributed by atoms with Crippen LogP contribution in [0.2, 0.25) is 0 Å². The molecule has 0 amide bonds. The lowest BCUT2D eigenvalue weighted by atomic mass is 10.1. The Balaban J connectivity index is 0.00000147. The first kappa shape index (κ1) is 15.0. The summed E-state index contributed by atoms with van der Waals surface area (Å²) in [4.78, 5) is 4.13. The highest BCUT2D eigenvalue weighted by Gasteiger charge is 2.16. The third-order valence-electron chi connectivity index (χ3n) is 3.53. The second-order valence-electron chi connectivity index (χ2n) is 4.83. The molecule has 20 heavy (non-hydrogen) atoms. The van der Waals surface area contributed by atoms with Crippen LogP contribution in [0.4, 0.5) is 0 Å². The molecule has 0 saturated carbocycles. The van der Waals surface area contributed by atoms with Crippen molar-refractivity contribution in [3.8, 4) is 5.75 Å². The number of fused-ring (bicyclic) bond motifs is 1. The average molecular weight is 336 g/mol. The monoisotopic (exact) mass is 335 g/mol. The summed E-state index contributed by atoms with van der Waals surface area (Å²) in [5.74, 6) is 0.907. The number of hydrogen-bond donors (Lipinski definition) is 1. The van der Waals surface area contributed by atoms with E-state index in [1.807, 2.05) is 30.3 Å². The third-order valence-corrected chi connectivity index (χ3v) is 3.53. The van der Waals surface area contributed by atoms with Gasteiger partial charge in [0, 0.05) is 6.20 Å². The summed E-state index contributed by atoms with van der Waals surface area (Å²) in [5.41, 5.74) is 3.33. The van der Waals surface area contributed by atoms with Gasteiger partial charge in [0.05, 0.1) is 5.69 Å². The van der Waals surface area contributed by atoms with Crippen molar-refractivity contribution in [2.24, 2.45) is 0 Å². The lowest BCUT2D eigenvalue weighted by molar-refractivity contribution is 0.104. The van der Waals surface area contributed by atoms with E-state index < -0.39 is 6.10 Å². The molecule has 1 N–H and O–H groups in total. The minimum absolute atomic E-state index is 0. The number of benzene rings is 1. The smallest absolute Gasteiger partial charge is 0.130 e. The van der Waals surface area contributed by atoms with Gasteiger partial charge in [-0.15, -0.1) is 17.0 Å². The summed E-state index contributed by atoms with van der Waals surface area (Å²) in [6.45, 7) is 0.244. The number of pyridine rings is 1. The van der Waals surface area contributed by atoms with E-state index in [0.717, 1.165) is 18.6 Å². The number of rotatable bonds is 4. The Morgan fingerprint density at radius 2 is 2.05 bits per heavy atom. The molecule has 3 nitrogen and oxygen atoms in total. The molecule has 1 atom stereocenters.